The number of nitrogens with zero attached hydrogens (tertiary/aromatic N) is 1. The number of aryl methyl sites for hydroxylation is 2. The van der Waals surface area contributed by atoms with Crippen LogP contribution in [0.5, 0.6) is 0 Å². The van der Waals surface area contributed by atoms with E-state index >= 15 is 0 Å². The number of nitrogens with two attached hydrogens (primary N) is 1. The maximum Gasteiger partial charge on any atom is 0.393 e. The van der Waals surface area contributed by atoms with Crippen LogP contribution in [0.3, 0.4) is 0 Å². The van der Waals surface area contributed by atoms with Crippen molar-refractivity contribution in [3.05, 3.63) is 27.7 Å². The fourth-order valence-corrected chi connectivity index (χ4v) is 1.46. The smallest absolute Gasteiger partial charge is 0.393 e. The van der Waals surface area contributed by atoms with Gasteiger partial charge in [-0.05, 0) is 30.5 Å². The van der Waals surface area contributed by atoms with Gasteiger partial charge in [0.15, 0.2) is 0 Å². The van der Waals surface area contributed by atoms with Gasteiger partial charge in [-0.15, -0.1) is 10.2 Å². The van der Waals surface area contributed by atoms with E-state index in [2.05, 4.69) is 9.97 Å². The molecule has 19 heavy (non-hydrogen) atoms. The van der Waals surface area contributed by atoms with Crippen LogP contribution in [-0.2, 0) is 0 Å². The molecule has 2 aliphatic heterocycles. The Bertz CT molecular complexity index is 602. The number of nitrogens with one attached hydrogen (secondary N) is 1. The second-order valence-corrected chi connectivity index (χ2v) is 4.31. The monoisotopic (exact) mass is 291 g/mol. The minimum atomic E-state index is -4.94. The van der Waals surface area contributed by atoms with E-state index in [1.807, 2.05) is 6.92 Å². The molecule has 2 aliphatic rings. The molecule has 0 unspecified atom stereocenters. The highest BCUT2D eigenvalue weighted by atomic mass is 35.7. The Hall–Kier alpha value is -1.78. The third kappa shape index (κ3) is 4.77. The number of halogens is 1. The van der Waals surface area contributed by atoms with Crippen molar-refractivity contribution in [3.8, 4) is 11.5 Å². The van der Waals surface area contributed by atoms with Crippen LogP contribution in [-0.4, -0.2) is 4.98 Å². The Morgan fingerprint density at radius 1 is 1.32 bits per heavy atom. The molecule has 0 saturated carbocycles. The van der Waals surface area contributed by atoms with Crippen molar-refractivity contribution in [3.63, 3.8) is 0 Å². The Balaban J connectivity index is 0.000000312. The highest BCUT2D eigenvalue weighted by molar-refractivity contribution is 5.55. The van der Waals surface area contributed by atoms with Gasteiger partial charge >= 0.3 is 11.5 Å². The fourth-order valence-electron chi connectivity index (χ4n) is 1.46. The number of hydrogen-bond donors (Lipinski definition) is 1. The summed E-state index contributed by atoms with van der Waals surface area (Å²) in [5, 5.41) is 0. The molecule has 0 fully saturated rings. The summed E-state index contributed by atoms with van der Waals surface area (Å²) >= 11 is 0. The van der Waals surface area contributed by atoms with Crippen molar-refractivity contribution < 1.29 is 38.3 Å². The lowest BCUT2D eigenvalue weighted by atomic mass is 10.1. The summed E-state index contributed by atoms with van der Waals surface area (Å²) in [5.74, 6) is 1.16. The van der Waals surface area contributed by atoms with Crippen LogP contribution in [0.4, 0.5) is 5.95 Å². The van der Waals surface area contributed by atoms with Crippen LogP contribution in [0.25, 0.3) is 11.5 Å². The third-order valence-electron chi connectivity index (χ3n) is 1.98. The van der Waals surface area contributed by atoms with Gasteiger partial charge in [-0.1, -0.05) is 0 Å². The Morgan fingerprint density at radius 2 is 1.84 bits per heavy atom. The maximum absolute atomic E-state index is 11.5. The molecule has 9 nitrogen and oxygen atoms in total. The number of aromatic amines is 1. The lowest BCUT2D eigenvalue weighted by Gasteiger charge is -2.17. The highest BCUT2D eigenvalue weighted by Crippen LogP contribution is 2.18. The molecule has 10 heteroatoms. The second-order valence-electron chi connectivity index (χ2n) is 3.55. The Morgan fingerprint density at radius 3 is 2.37 bits per heavy atom. The Kier molecular flexibility index (Phi) is 4.39. The first kappa shape index (κ1) is 15.3. The number of rotatable bonds is 0. The first-order chi connectivity index (χ1) is 8.58. The molecular weight excluding hydrogens is 282 g/mol. The van der Waals surface area contributed by atoms with Gasteiger partial charge in [-0.3, -0.25) is 5.73 Å². The molecule has 0 aliphatic carbocycles. The molecule has 0 aromatic heterocycles. The van der Waals surface area contributed by atoms with Crippen molar-refractivity contribution >= 4 is 5.95 Å². The fraction of sp³-hybridized carbons (Fsp3) is 0.222. The number of H-pyrrole nitrogens is 1. The van der Waals surface area contributed by atoms with E-state index in [4.69, 9.17) is 28.8 Å². The van der Waals surface area contributed by atoms with Crippen molar-refractivity contribution in [2.45, 2.75) is 13.8 Å². The van der Waals surface area contributed by atoms with Gasteiger partial charge in [-0.2, -0.15) is 0 Å². The van der Waals surface area contributed by atoms with E-state index in [0.717, 1.165) is 11.3 Å². The molecule has 0 saturated heterocycles. The number of fused-ring (bicyclic) bond motifs is 1. The van der Waals surface area contributed by atoms with Crippen LogP contribution in [0.15, 0.2) is 15.3 Å². The van der Waals surface area contributed by atoms with Crippen LogP contribution >= 0.6 is 0 Å². The molecule has 104 valence electrons. The molecule has 0 atom stereocenters. The minimum absolute atomic E-state index is 0.0660. The SMILES string of the molecule is Cc1cc(C)c2c(=O)nc(N)[nH+]c-2o1.[O-][Cl+3]([O-])([O-])[O-]. The number of aromatic nitrogens is 2. The topological polar surface area (TPSA) is 176 Å². The Labute approximate surface area is 109 Å². The molecule has 0 spiro atoms. The zero-order valence-electron chi connectivity index (χ0n) is 9.93. The van der Waals surface area contributed by atoms with Crippen molar-refractivity contribution in [1.82, 2.24) is 4.98 Å². The second kappa shape index (κ2) is 5.47. The summed E-state index contributed by atoms with van der Waals surface area (Å²) in [6, 6.07) is 1.79. The van der Waals surface area contributed by atoms with Crippen LogP contribution < -0.4 is 34.9 Å². The molecule has 0 bridgehead atoms. The van der Waals surface area contributed by atoms with Crippen molar-refractivity contribution in [2.75, 3.05) is 5.73 Å². The van der Waals surface area contributed by atoms with E-state index in [-0.39, 0.29) is 11.5 Å². The first-order valence-electron chi connectivity index (χ1n) is 4.79. The van der Waals surface area contributed by atoms with E-state index in [0.29, 0.717) is 11.5 Å². The average molecular weight is 292 g/mol. The zero-order chi connectivity index (χ0) is 14.8. The summed E-state index contributed by atoms with van der Waals surface area (Å²) in [7, 11) is -4.94. The molecular formula is C9H10ClN3O6. The molecule has 2 rings (SSSR count). The summed E-state index contributed by atoms with van der Waals surface area (Å²) in [6.07, 6.45) is 0. The van der Waals surface area contributed by atoms with Crippen LogP contribution in [0.2, 0.25) is 0 Å². The number of anilines is 1. The maximum atomic E-state index is 11.5. The summed E-state index contributed by atoms with van der Waals surface area (Å²) in [5.41, 5.74) is 6.31. The quantitative estimate of drug-likeness (QED) is 0.504. The predicted molar refractivity (Wildman–Crippen MR) is 49.8 cm³/mol. The lowest BCUT2D eigenvalue weighted by Crippen LogP contribution is -2.68. The van der Waals surface area contributed by atoms with E-state index in [1.165, 1.54) is 0 Å². The van der Waals surface area contributed by atoms with Gasteiger partial charge in [0, 0.05) is 0 Å². The van der Waals surface area contributed by atoms with Gasteiger partial charge in [-0.25, -0.2) is 28.4 Å². The molecule has 0 aromatic rings. The third-order valence-corrected chi connectivity index (χ3v) is 1.98. The van der Waals surface area contributed by atoms with Gasteiger partial charge in [0.05, 0.1) is 0 Å². The summed E-state index contributed by atoms with van der Waals surface area (Å²) in [6.45, 7) is 3.64. The van der Waals surface area contributed by atoms with Gasteiger partial charge in [0.2, 0.25) is 0 Å². The van der Waals surface area contributed by atoms with Crippen LogP contribution in [0, 0.1) is 24.1 Å². The molecule has 0 aromatic carbocycles. The lowest BCUT2D eigenvalue weighted by molar-refractivity contribution is -2.00. The van der Waals surface area contributed by atoms with Gasteiger partial charge < -0.3 is 4.42 Å². The standard InChI is InChI=1S/C9H9N3O2.ClHO4/c1-4-3-5(2)14-8-6(4)7(13)11-9(10)12-8;2-1(3,4)5/h3H,1-2H3,(H2,10,11,13);(H,2,3,4,5). The van der Waals surface area contributed by atoms with Crippen molar-refractivity contribution in [2.24, 2.45) is 0 Å². The van der Waals surface area contributed by atoms with E-state index in [1.54, 1.807) is 13.0 Å². The van der Waals surface area contributed by atoms with E-state index in [9.17, 15) is 4.79 Å². The van der Waals surface area contributed by atoms with Crippen molar-refractivity contribution in [1.29, 1.82) is 0 Å². The van der Waals surface area contributed by atoms with E-state index < -0.39 is 10.2 Å². The van der Waals surface area contributed by atoms with Gasteiger partial charge in [0.25, 0.3) is 5.89 Å². The number of nitrogen functional groups attached to an aromatic ring is 1. The largest absolute Gasteiger partial charge is 0.433 e. The van der Waals surface area contributed by atoms with Gasteiger partial charge in [0.1, 0.15) is 11.3 Å². The molecule has 2 heterocycles. The minimum Gasteiger partial charge on any atom is -0.433 e. The summed E-state index contributed by atoms with van der Waals surface area (Å²) < 4.78 is 39.3. The molecule has 3 N–H and O–H groups in total. The number of hydrogen-bond acceptors (Lipinski definition) is 8. The summed E-state index contributed by atoms with van der Waals surface area (Å²) in [4.78, 5) is 17.8. The highest BCUT2D eigenvalue weighted by Gasteiger charge is 2.20. The molecule has 0 amide bonds. The zero-order valence-corrected chi connectivity index (χ0v) is 10.7. The predicted octanol–water partition coefficient (Wildman–Crippen LogP) is -4.60. The average Bonchev–Trinajstić information content (AvgIpc) is 2.10. The first-order valence-corrected chi connectivity index (χ1v) is 6.03. The molecule has 0 radical (unpaired) electrons. The van der Waals surface area contributed by atoms with Crippen LogP contribution in [0.1, 0.15) is 11.3 Å². The normalized spacial score (nSPS) is 11.1.